The molecule has 0 spiro atoms. The third-order valence-corrected chi connectivity index (χ3v) is 11.8. The van der Waals surface area contributed by atoms with Gasteiger partial charge in [-0.05, 0) is 84.4 Å². The number of ether oxygens (including phenoxy) is 2. The van der Waals surface area contributed by atoms with Crippen molar-refractivity contribution >= 4 is 27.6 Å². The molecule has 0 saturated heterocycles. The minimum Gasteiger partial charge on any atom is -0.488 e. The molecule has 2 aliphatic carbocycles. The van der Waals surface area contributed by atoms with Crippen molar-refractivity contribution < 1.29 is 49.4 Å². The van der Waals surface area contributed by atoms with Crippen LogP contribution in [-0.4, -0.2) is 44.4 Å². The van der Waals surface area contributed by atoms with E-state index in [0.717, 1.165) is 42.9 Å². The van der Waals surface area contributed by atoms with Gasteiger partial charge in [0.15, 0.2) is 23.3 Å². The number of benzene rings is 4. The van der Waals surface area contributed by atoms with E-state index in [0.29, 0.717) is 15.8 Å². The quantitative estimate of drug-likeness (QED) is 0.0548. The van der Waals surface area contributed by atoms with Gasteiger partial charge in [0.05, 0.1) is 37.6 Å². The molecule has 0 heterocycles. The number of hydrogen-bond acceptors (Lipinski definition) is 6. The zero-order valence-electron chi connectivity index (χ0n) is 31.7. The smallest absolute Gasteiger partial charge is 0.337 e. The Labute approximate surface area is 323 Å². The molecule has 0 atom stereocenters. The zero-order valence-corrected chi connectivity index (χ0v) is 32.5. The highest BCUT2D eigenvalue weighted by Gasteiger charge is 2.39. The molecule has 0 aromatic heterocycles. The van der Waals surface area contributed by atoms with Gasteiger partial charge in [0.1, 0.15) is 16.5 Å². The molecule has 0 radical (unpaired) electrons. The summed E-state index contributed by atoms with van der Waals surface area (Å²) in [6.07, 6.45) is 2.68. The van der Waals surface area contributed by atoms with Gasteiger partial charge in [0.25, 0.3) is 0 Å². The van der Waals surface area contributed by atoms with E-state index in [2.05, 4.69) is 6.07 Å². The summed E-state index contributed by atoms with van der Waals surface area (Å²) in [7, 11) is -4.24. The van der Waals surface area contributed by atoms with E-state index in [1.54, 1.807) is 0 Å². The molecule has 4 aromatic rings. The first kappa shape index (κ1) is 40.8. The lowest BCUT2D eigenvalue weighted by Crippen LogP contribution is -2.43. The SMILES string of the molecule is CCc1c(F)c(F)c(F)c(F)c1S(=O)(=O)N(CC(=O)N(Cc1cc(C2CC2)cc(C(C)(C)C)c1)c1cc(C(=O)OC)ccc1OC1CC1)Cc1ccccc1F. The van der Waals surface area contributed by atoms with Crippen molar-refractivity contribution in [2.75, 3.05) is 18.6 Å². The molecule has 14 heteroatoms. The van der Waals surface area contributed by atoms with Crippen molar-refractivity contribution in [2.24, 2.45) is 0 Å². The molecule has 1 amide bonds. The summed E-state index contributed by atoms with van der Waals surface area (Å²) >= 11 is 0. The number of carbonyl (C=O) groups excluding carboxylic acids is 2. The van der Waals surface area contributed by atoms with Crippen molar-refractivity contribution in [1.29, 1.82) is 0 Å². The number of hydrogen-bond donors (Lipinski definition) is 0. The maximum Gasteiger partial charge on any atom is 0.337 e. The third kappa shape index (κ3) is 8.61. The highest BCUT2D eigenvalue weighted by atomic mass is 32.2. The van der Waals surface area contributed by atoms with E-state index in [-0.39, 0.29) is 40.6 Å². The molecular formula is C42H43F5N2O6S. The molecule has 6 rings (SSSR count). The monoisotopic (exact) mass is 798 g/mol. The molecular weight excluding hydrogens is 756 g/mol. The topological polar surface area (TPSA) is 93.2 Å². The van der Waals surface area contributed by atoms with Gasteiger partial charge < -0.3 is 14.4 Å². The van der Waals surface area contributed by atoms with Crippen LogP contribution in [0.3, 0.4) is 0 Å². The van der Waals surface area contributed by atoms with Gasteiger partial charge >= 0.3 is 5.97 Å². The molecule has 2 aliphatic rings. The maximum atomic E-state index is 15.6. The predicted molar refractivity (Wildman–Crippen MR) is 199 cm³/mol. The van der Waals surface area contributed by atoms with Crippen LogP contribution >= 0.6 is 0 Å². The fourth-order valence-corrected chi connectivity index (χ4v) is 8.18. The molecule has 298 valence electrons. The van der Waals surface area contributed by atoms with Crippen LogP contribution in [0.25, 0.3) is 0 Å². The van der Waals surface area contributed by atoms with E-state index in [4.69, 9.17) is 9.47 Å². The highest BCUT2D eigenvalue weighted by molar-refractivity contribution is 7.89. The maximum absolute atomic E-state index is 15.6. The lowest BCUT2D eigenvalue weighted by Gasteiger charge is -2.30. The van der Waals surface area contributed by atoms with Crippen LogP contribution in [0.4, 0.5) is 27.6 Å². The van der Waals surface area contributed by atoms with Crippen LogP contribution in [0.15, 0.2) is 65.6 Å². The average Bonchev–Trinajstić information content (AvgIpc) is 4.10. The molecule has 0 aliphatic heterocycles. The predicted octanol–water partition coefficient (Wildman–Crippen LogP) is 8.87. The largest absolute Gasteiger partial charge is 0.488 e. The first-order chi connectivity index (χ1) is 26.4. The van der Waals surface area contributed by atoms with Crippen LogP contribution < -0.4 is 9.64 Å². The zero-order chi connectivity index (χ0) is 40.7. The van der Waals surface area contributed by atoms with Crippen LogP contribution in [0.1, 0.15) is 97.5 Å². The first-order valence-corrected chi connectivity index (χ1v) is 19.8. The second-order valence-electron chi connectivity index (χ2n) is 15.2. The Morgan fingerprint density at radius 1 is 0.839 bits per heavy atom. The van der Waals surface area contributed by atoms with Gasteiger partial charge in [-0.15, -0.1) is 0 Å². The second-order valence-corrected chi connectivity index (χ2v) is 17.1. The average molecular weight is 799 g/mol. The lowest BCUT2D eigenvalue weighted by molar-refractivity contribution is -0.119. The summed E-state index contributed by atoms with van der Waals surface area (Å²) in [5.74, 6) is -10.7. The number of amides is 1. The number of sulfonamides is 1. The van der Waals surface area contributed by atoms with Crippen LogP contribution in [0, 0.1) is 29.1 Å². The summed E-state index contributed by atoms with van der Waals surface area (Å²) in [4.78, 5) is 27.4. The Morgan fingerprint density at radius 3 is 2.12 bits per heavy atom. The molecule has 2 saturated carbocycles. The summed E-state index contributed by atoms with van der Waals surface area (Å²) in [5, 5.41) is 0. The minimum absolute atomic E-state index is 0.0494. The second kappa shape index (κ2) is 16.0. The number of rotatable bonds is 14. The van der Waals surface area contributed by atoms with Crippen LogP contribution in [-0.2, 0) is 44.5 Å². The highest BCUT2D eigenvalue weighted by Crippen LogP contribution is 2.43. The first-order valence-electron chi connectivity index (χ1n) is 18.4. The lowest BCUT2D eigenvalue weighted by atomic mass is 9.84. The van der Waals surface area contributed by atoms with Gasteiger partial charge in [-0.2, -0.15) is 4.31 Å². The summed E-state index contributed by atoms with van der Waals surface area (Å²) < 4.78 is 115. The number of methoxy groups -OCH3 is 1. The number of halogens is 5. The van der Waals surface area contributed by atoms with Crippen molar-refractivity contribution in [3.8, 4) is 5.75 Å². The molecule has 56 heavy (non-hydrogen) atoms. The Balaban J connectivity index is 1.53. The number of carbonyl (C=O) groups is 2. The van der Waals surface area contributed by atoms with Crippen molar-refractivity contribution in [1.82, 2.24) is 4.31 Å². The molecule has 8 nitrogen and oxygen atoms in total. The molecule has 2 fully saturated rings. The normalized spacial score (nSPS) is 14.6. The van der Waals surface area contributed by atoms with Crippen LogP contribution in [0.2, 0.25) is 0 Å². The van der Waals surface area contributed by atoms with Gasteiger partial charge in [0.2, 0.25) is 15.9 Å². The molecule has 0 unspecified atom stereocenters. The number of anilines is 1. The van der Waals surface area contributed by atoms with E-state index in [9.17, 15) is 26.8 Å². The van der Waals surface area contributed by atoms with E-state index in [1.165, 1.54) is 55.3 Å². The molecule has 4 aromatic carbocycles. The Morgan fingerprint density at radius 2 is 1.52 bits per heavy atom. The summed E-state index contributed by atoms with van der Waals surface area (Å²) in [6.45, 7) is 5.20. The third-order valence-electron chi connectivity index (χ3n) is 9.94. The van der Waals surface area contributed by atoms with E-state index in [1.807, 2.05) is 32.9 Å². The fourth-order valence-electron chi connectivity index (χ4n) is 6.47. The van der Waals surface area contributed by atoms with Crippen LogP contribution in [0.5, 0.6) is 5.75 Å². The van der Waals surface area contributed by atoms with Gasteiger partial charge in [-0.25, -0.2) is 35.2 Å². The Bertz CT molecular complexity index is 2290. The van der Waals surface area contributed by atoms with E-state index >= 15 is 13.2 Å². The summed E-state index contributed by atoms with van der Waals surface area (Å²) in [5.41, 5.74) is 1.31. The van der Waals surface area contributed by atoms with Gasteiger partial charge in [-0.1, -0.05) is 64.1 Å². The minimum atomic E-state index is -5.42. The molecule has 0 bridgehead atoms. The fraction of sp³-hybridized carbons (Fsp3) is 0.381. The van der Waals surface area contributed by atoms with E-state index < -0.39 is 81.0 Å². The van der Waals surface area contributed by atoms with Gasteiger partial charge in [-0.3, -0.25) is 4.79 Å². The number of nitrogens with zero attached hydrogens (tertiary/aromatic N) is 2. The van der Waals surface area contributed by atoms with Gasteiger partial charge in [0, 0.05) is 17.7 Å². The van der Waals surface area contributed by atoms with Crippen molar-refractivity contribution in [3.05, 3.63) is 123 Å². The Kier molecular flexibility index (Phi) is 11.6. The Hall–Kier alpha value is -4.82. The van der Waals surface area contributed by atoms with Crippen molar-refractivity contribution in [2.45, 2.75) is 95.2 Å². The summed E-state index contributed by atoms with van der Waals surface area (Å²) in [6, 6.07) is 15.4. The van der Waals surface area contributed by atoms with Crippen molar-refractivity contribution in [3.63, 3.8) is 0 Å². The standard InChI is InChI=1S/C42H43F5N2O6S/c1-6-31-36(44)37(45)38(46)39(47)40(31)56(52,53)48(22-27-9-7-8-10-32(27)43)23-35(50)49(21-24-17-28(25-11-12-25)19-29(18-24)42(2,3)4)33-20-26(41(51)54-5)13-16-34(33)55-30-14-15-30/h7-10,13,16-20,25,30H,6,11-12,14-15,21-23H2,1-5H3. The number of esters is 1. The molecule has 0 N–H and O–H groups in total.